The Morgan fingerprint density at radius 1 is 1.10 bits per heavy atom. The summed E-state index contributed by atoms with van der Waals surface area (Å²) in [5.41, 5.74) is 2.85. The summed E-state index contributed by atoms with van der Waals surface area (Å²) in [6, 6.07) is 10.3. The van der Waals surface area contributed by atoms with Crippen LogP contribution in [0.1, 0.15) is 44.7 Å². The molecule has 1 amide bonds. The number of hydrogen-bond donors (Lipinski definition) is 0. The molecule has 0 bridgehead atoms. The number of carbonyl (C=O) groups is 1. The molecule has 0 radical (unpaired) electrons. The predicted molar refractivity (Wildman–Crippen MR) is 120 cm³/mol. The summed E-state index contributed by atoms with van der Waals surface area (Å²) in [4.78, 5) is 29.4. The molecule has 0 saturated carbocycles. The molecule has 3 heterocycles. The monoisotopic (exact) mass is 424 g/mol. The number of ether oxygens (including phenoxy) is 1. The Hall–Kier alpha value is -2.83. The van der Waals surface area contributed by atoms with Crippen LogP contribution in [0.2, 0.25) is 0 Å². The fraction of sp³-hybridized carbons (Fsp3) is 0.542. The number of aromatic nitrogens is 2. The number of piperidine rings is 1. The van der Waals surface area contributed by atoms with Crippen molar-refractivity contribution >= 4 is 11.8 Å². The molecule has 2 aliphatic heterocycles. The Morgan fingerprint density at radius 3 is 2.52 bits per heavy atom. The van der Waals surface area contributed by atoms with Crippen LogP contribution in [-0.4, -0.2) is 46.0 Å². The molecule has 2 aromatic rings. The number of carbonyl (C=O) groups excluding carboxylic acids is 1. The largest absolute Gasteiger partial charge is 0.444 e. The molecule has 0 unspecified atom stereocenters. The third kappa shape index (κ3) is 5.09. The molecule has 31 heavy (non-hydrogen) atoms. The van der Waals surface area contributed by atoms with Gasteiger partial charge < -0.3 is 14.5 Å². The van der Waals surface area contributed by atoms with Crippen molar-refractivity contribution in [3.05, 3.63) is 58.0 Å². The van der Waals surface area contributed by atoms with E-state index in [1.165, 1.54) is 11.1 Å². The number of benzene rings is 1. The van der Waals surface area contributed by atoms with Crippen LogP contribution in [0.25, 0.3) is 0 Å². The highest BCUT2D eigenvalue weighted by Gasteiger charge is 2.28. The van der Waals surface area contributed by atoms with E-state index in [1.807, 2.05) is 26.8 Å². The van der Waals surface area contributed by atoms with E-state index in [1.54, 1.807) is 15.8 Å². The molecule has 1 aromatic carbocycles. The lowest BCUT2D eigenvalue weighted by Gasteiger charge is -2.33. The quantitative estimate of drug-likeness (QED) is 0.755. The molecule has 1 fully saturated rings. The molecule has 166 valence electrons. The molecule has 1 saturated heterocycles. The van der Waals surface area contributed by atoms with E-state index >= 15 is 0 Å². The standard InChI is InChI=1S/C24H32N4O3/c1-24(2,3)31-23(30)26-13-9-18(10-14-26)16-28-22(29)21(8-12-25-28)27-15-11-19-6-4-5-7-20(19)17-27/h4-8,12,18H,9-11,13-17H2,1-3H3. The average molecular weight is 425 g/mol. The van der Waals surface area contributed by atoms with Crippen LogP contribution in [0.5, 0.6) is 0 Å². The highest BCUT2D eigenvalue weighted by Crippen LogP contribution is 2.23. The third-order valence-corrected chi connectivity index (χ3v) is 6.06. The molecular formula is C24H32N4O3. The topological polar surface area (TPSA) is 67.7 Å². The minimum absolute atomic E-state index is 0.0311. The van der Waals surface area contributed by atoms with Crippen LogP contribution >= 0.6 is 0 Å². The van der Waals surface area contributed by atoms with E-state index in [2.05, 4.69) is 34.3 Å². The summed E-state index contributed by atoms with van der Waals surface area (Å²) in [5.74, 6) is 0.321. The molecule has 7 nitrogen and oxygen atoms in total. The first-order valence-corrected chi connectivity index (χ1v) is 11.2. The van der Waals surface area contributed by atoms with Crippen LogP contribution < -0.4 is 10.5 Å². The Balaban J connectivity index is 1.39. The second-order valence-electron chi connectivity index (χ2n) is 9.55. The van der Waals surface area contributed by atoms with E-state index in [0.29, 0.717) is 25.6 Å². The van der Waals surface area contributed by atoms with Gasteiger partial charge in [0.2, 0.25) is 0 Å². The molecule has 2 aliphatic rings. The minimum Gasteiger partial charge on any atom is -0.444 e. The zero-order chi connectivity index (χ0) is 22.0. The molecule has 0 atom stereocenters. The Morgan fingerprint density at radius 2 is 1.81 bits per heavy atom. The number of nitrogens with zero attached hydrogens (tertiary/aromatic N) is 4. The maximum absolute atomic E-state index is 13.2. The highest BCUT2D eigenvalue weighted by atomic mass is 16.6. The Bertz CT molecular complexity index is 987. The number of amides is 1. The van der Waals surface area contributed by atoms with E-state index in [0.717, 1.165) is 38.0 Å². The molecule has 7 heteroatoms. The van der Waals surface area contributed by atoms with Gasteiger partial charge >= 0.3 is 6.09 Å². The zero-order valence-electron chi connectivity index (χ0n) is 18.7. The van der Waals surface area contributed by atoms with E-state index in [4.69, 9.17) is 4.74 Å². The maximum atomic E-state index is 13.2. The second kappa shape index (κ2) is 8.73. The Labute approximate surface area is 183 Å². The summed E-state index contributed by atoms with van der Waals surface area (Å²) in [6.45, 7) is 9.11. The minimum atomic E-state index is -0.486. The average Bonchev–Trinajstić information content (AvgIpc) is 2.74. The van der Waals surface area contributed by atoms with Gasteiger partial charge in [-0.2, -0.15) is 5.10 Å². The molecule has 4 rings (SSSR count). The van der Waals surface area contributed by atoms with Crippen molar-refractivity contribution in [1.82, 2.24) is 14.7 Å². The van der Waals surface area contributed by atoms with Gasteiger partial charge in [-0.25, -0.2) is 9.48 Å². The predicted octanol–water partition coefficient (Wildman–Crippen LogP) is 3.45. The van der Waals surface area contributed by atoms with Crippen LogP contribution in [0.4, 0.5) is 10.5 Å². The molecule has 0 aliphatic carbocycles. The number of rotatable bonds is 3. The van der Waals surface area contributed by atoms with Crippen molar-refractivity contribution in [2.75, 3.05) is 24.5 Å². The normalized spacial score (nSPS) is 17.4. The third-order valence-electron chi connectivity index (χ3n) is 6.06. The summed E-state index contributed by atoms with van der Waals surface area (Å²) < 4.78 is 7.07. The van der Waals surface area contributed by atoms with E-state index < -0.39 is 5.60 Å². The summed E-state index contributed by atoms with van der Waals surface area (Å²) in [5, 5.41) is 4.35. The summed E-state index contributed by atoms with van der Waals surface area (Å²) in [6.07, 6.45) is 4.10. The van der Waals surface area contributed by atoms with Gasteiger partial charge in [-0.1, -0.05) is 24.3 Å². The molecule has 1 aromatic heterocycles. The molecule has 0 spiro atoms. The van der Waals surface area contributed by atoms with Crippen molar-refractivity contribution < 1.29 is 9.53 Å². The SMILES string of the molecule is CC(C)(C)OC(=O)N1CCC(Cn2nccc(N3CCc4ccccc4C3)c2=O)CC1. The first-order valence-electron chi connectivity index (χ1n) is 11.2. The van der Waals surface area contributed by atoms with Gasteiger partial charge in [0.05, 0.1) is 0 Å². The van der Waals surface area contributed by atoms with Crippen LogP contribution in [0.3, 0.4) is 0 Å². The molecule has 0 N–H and O–H groups in total. The first-order chi connectivity index (χ1) is 14.8. The van der Waals surface area contributed by atoms with Crippen molar-refractivity contribution in [3.63, 3.8) is 0 Å². The lowest BCUT2D eigenvalue weighted by Crippen LogP contribution is -2.43. The fourth-order valence-corrected chi connectivity index (χ4v) is 4.38. The highest BCUT2D eigenvalue weighted by molar-refractivity contribution is 5.68. The summed E-state index contributed by atoms with van der Waals surface area (Å²) in [7, 11) is 0. The second-order valence-corrected chi connectivity index (χ2v) is 9.55. The lowest BCUT2D eigenvalue weighted by atomic mass is 9.97. The maximum Gasteiger partial charge on any atom is 0.410 e. The van der Waals surface area contributed by atoms with Gasteiger partial charge in [-0.15, -0.1) is 0 Å². The van der Waals surface area contributed by atoms with Gasteiger partial charge in [0.25, 0.3) is 5.56 Å². The van der Waals surface area contributed by atoms with Crippen molar-refractivity contribution in [3.8, 4) is 0 Å². The number of anilines is 1. The number of fused-ring (bicyclic) bond motifs is 1. The van der Waals surface area contributed by atoms with E-state index in [9.17, 15) is 9.59 Å². The van der Waals surface area contributed by atoms with Gasteiger partial charge in [-0.05, 0) is 63.1 Å². The van der Waals surface area contributed by atoms with Crippen molar-refractivity contribution in [2.24, 2.45) is 5.92 Å². The number of hydrogen-bond acceptors (Lipinski definition) is 5. The van der Waals surface area contributed by atoms with Crippen LogP contribution in [0.15, 0.2) is 41.3 Å². The zero-order valence-corrected chi connectivity index (χ0v) is 18.7. The smallest absolute Gasteiger partial charge is 0.410 e. The van der Waals surface area contributed by atoms with E-state index in [-0.39, 0.29) is 11.7 Å². The fourth-order valence-electron chi connectivity index (χ4n) is 4.38. The Kier molecular flexibility index (Phi) is 6.03. The van der Waals surface area contributed by atoms with Crippen LogP contribution in [-0.2, 0) is 24.2 Å². The van der Waals surface area contributed by atoms with Gasteiger partial charge in [0.1, 0.15) is 11.3 Å². The van der Waals surface area contributed by atoms with Crippen LogP contribution in [0, 0.1) is 5.92 Å². The molecular weight excluding hydrogens is 392 g/mol. The van der Waals surface area contributed by atoms with Gasteiger partial charge in [0.15, 0.2) is 0 Å². The lowest BCUT2D eigenvalue weighted by molar-refractivity contribution is 0.0176. The van der Waals surface area contributed by atoms with Crippen molar-refractivity contribution in [2.45, 2.75) is 58.7 Å². The summed E-state index contributed by atoms with van der Waals surface area (Å²) >= 11 is 0. The number of likely N-dealkylation sites (tertiary alicyclic amines) is 1. The van der Waals surface area contributed by atoms with Gasteiger partial charge in [0, 0.05) is 38.9 Å². The van der Waals surface area contributed by atoms with Gasteiger partial charge in [-0.3, -0.25) is 4.79 Å². The first kappa shape index (κ1) is 21.4. The van der Waals surface area contributed by atoms with Crippen molar-refractivity contribution in [1.29, 1.82) is 0 Å².